The van der Waals surface area contributed by atoms with Crippen LogP contribution in [0, 0.1) is 0 Å². The van der Waals surface area contributed by atoms with Crippen LogP contribution in [0.4, 0.5) is 10.5 Å². The number of nitrogens with zero attached hydrogens (tertiary/aromatic N) is 1. The number of hydrogen-bond acceptors (Lipinski definition) is 3. The minimum atomic E-state index is -0.140. The van der Waals surface area contributed by atoms with Crippen molar-refractivity contribution in [3.8, 4) is 0 Å². The first kappa shape index (κ1) is 16.5. The van der Waals surface area contributed by atoms with Crippen molar-refractivity contribution in [2.45, 2.75) is 31.4 Å². The Morgan fingerprint density at radius 1 is 1.46 bits per heavy atom. The highest BCUT2D eigenvalue weighted by atomic mass is 16.5. The van der Waals surface area contributed by atoms with Gasteiger partial charge in [-0.15, -0.1) is 6.58 Å². The minimum absolute atomic E-state index is 0.00614. The number of carbonyl (C=O) groups excluding carboxylic acids is 2. The molecule has 6 heteroatoms. The molecular weight excluding hydrogens is 306 g/mol. The molecule has 2 heterocycles. The second kappa shape index (κ2) is 7.49. The monoisotopic (exact) mass is 329 g/mol. The van der Waals surface area contributed by atoms with Crippen LogP contribution in [-0.2, 0) is 16.0 Å². The summed E-state index contributed by atoms with van der Waals surface area (Å²) in [6.45, 7) is 4.95. The lowest BCUT2D eigenvalue weighted by molar-refractivity contribution is -0.139. The van der Waals surface area contributed by atoms with Crippen LogP contribution in [0.3, 0.4) is 0 Å². The van der Waals surface area contributed by atoms with Crippen LogP contribution in [0.5, 0.6) is 0 Å². The molecule has 2 saturated heterocycles. The Kier molecular flexibility index (Phi) is 5.15. The van der Waals surface area contributed by atoms with E-state index in [0.29, 0.717) is 13.1 Å². The van der Waals surface area contributed by atoms with Crippen molar-refractivity contribution >= 4 is 17.6 Å². The van der Waals surface area contributed by atoms with Crippen LogP contribution in [0.1, 0.15) is 18.4 Å². The van der Waals surface area contributed by atoms with E-state index in [1.165, 1.54) is 0 Å². The maximum Gasteiger partial charge on any atom is 0.321 e. The molecule has 6 nitrogen and oxygen atoms in total. The molecule has 1 aromatic rings. The summed E-state index contributed by atoms with van der Waals surface area (Å²) in [5.74, 6) is -0.117. The summed E-state index contributed by atoms with van der Waals surface area (Å²) < 4.78 is 5.52. The number of fused-ring (bicyclic) bond motifs is 1. The Balaban J connectivity index is 1.63. The van der Waals surface area contributed by atoms with E-state index in [4.69, 9.17) is 4.74 Å². The highest BCUT2D eigenvalue weighted by molar-refractivity contribution is 5.90. The van der Waals surface area contributed by atoms with Gasteiger partial charge in [0.2, 0.25) is 5.91 Å². The number of allylic oxidation sites excluding steroid dienone is 1. The second-order valence-corrected chi connectivity index (χ2v) is 6.17. The predicted molar refractivity (Wildman–Crippen MR) is 91.8 cm³/mol. The quantitative estimate of drug-likeness (QED) is 0.829. The number of rotatable bonds is 4. The molecule has 24 heavy (non-hydrogen) atoms. The van der Waals surface area contributed by atoms with Gasteiger partial charge in [-0.25, -0.2) is 4.79 Å². The van der Waals surface area contributed by atoms with Crippen LogP contribution >= 0.6 is 0 Å². The number of anilines is 1. The van der Waals surface area contributed by atoms with Crippen molar-refractivity contribution in [3.63, 3.8) is 0 Å². The van der Waals surface area contributed by atoms with E-state index in [1.54, 1.807) is 4.90 Å². The van der Waals surface area contributed by atoms with Crippen molar-refractivity contribution in [3.05, 3.63) is 42.5 Å². The summed E-state index contributed by atoms with van der Waals surface area (Å²) in [6.07, 6.45) is 4.32. The van der Waals surface area contributed by atoms with Crippen LogP contribution in [-0.4, -0.2) is 48.7 Å². The third kappa shape index (κ3) is 3.76. The van der Waals surface area contributed by atoms with Gasteiger partial charge in [0.25, 0.3) is 0 Å². The molecule has 128 valence electrons. The highest BCUT2D eigenvalue weighted by Gasteiger charge is 2.36. The molecule has 0 bridgehead atoms. The van der Waals surface area contributed by atoms with Crippen molar-refractivity contribution in [1.29, 1.82) is 0 Å². The number of morpholine rings is 1. The molecule has 0 saturated carbocycles. The number of benzene rings is 1. The average molecular weight is 329 g/mol. The number of hydrogen-bond donors (Lipinski definition) is 2. The zero-order valence-corrected chi connectivity index (χ0v) is 13.7. The second-order valence-electron chi connectivity index (χ2n) is 6.17. The topological polar surface area (TPSA) is 70.7 Å². The first-order valence-electron chi connectivity index (χ1n) is 8.33. The average Bonchev–Trinajstić information content (AvgIpc) is 2.60. The van der Waals surface area contributed by atoms with Crippen LogP contribution in [0.15, 0.2) is 36.9 Å². The molecule has 2 N–H and O–H groups in total. The van der Waals surface area contributed by atoms with Crippen molar-refractivity contribution in [1.82, 2.24) is 10.2 Å². The normalized spacial score (nSPS) is 23.2. The van der Waals surface area contributed by atoms with Crippen LogP contribution in [0.25, 0.3) is 0 Å². The maximum atomic E-state index is 12.6. The Morgan fingerprint density at radius 2 is 2.29 bits per heavy atom. The maximum absolute atomic E-state index is 12.6. The van der Waals surface area contributed by atoms with Gasteiger partial charge in [-0.1, -0.05) is 24.3 Å². The molecule has 1 aromatic carbocycles. The molecular formula is C18H23N3O3. The number of aryl methyl sites for hydroxylation is 1. The van der Waals surface area contributed by atoms with Gasteiger partial charge in [0.05, 0.1) is 12.1 Å². The van der Waals surface area contributed by atoms with Gasteiger partial charge in [-0.2, -0.15) is 0 Å². The smallest absolute Gasteiger partial charge is 0.321 e. The number of carbonyl (C=O) groups is 2. The van der Waals surface area contributed by atoms with Gasteiger partial charge in [0.15, 0.2) is 0 Å². The first-order chi connectivity index (χ1) is 11.7. The van der Waals surface area contributed by atoms with Gasteiger partial charge in [-0.05, 0) is 30.9 Å². The lowest BCUT2D eigenvalue weighted by Gasteiger charge is -2.41. The lowest BCUT2D eigenvalue weighted by atomic mass is 10.0. The predicted octanol–water partition coefficient (Wildman–Crippen LogP) is 1.93. The third-order valence-electron chi connectivity index (χ3n) is 4.49. The Morgan fingerprint density at radius 3 is 3.12 bits per heavy atom. The summed E-state index contributed by atoms with van der Waals surface area (Å²) in [6, 6.07) is 7.54. The van der Waals surface area contributed by atoms with E-state index in [2.05, 4.69) is 17.2 Å². The van der Waals surface area contributed by atoms with E-state index in [9.17, 15) is 9.59 Å². The lowest BCUT2D eigenvalue weighted by Crippen LogP contribution is -2.61. The number of urea groups is 1. The van der Waals surface area contributed by atoms with Crippen molar-refractivity contribution < 1.29 is 14.3 Å². The molecule has 0 aromatic heterocycles. The fourth-order valence-corrected chi connectivity index (χ4v) is 3.20. The summed E-state index contributed by atoms with van der Waals surface area (Å²) in [7, 11) is 0. The van der Waals surface area contributed by atoms with Gasteiger partial charge >= 0.3 is 6.03 Å². The van der Waals surface area contributed by atoms with Crippen molar-refractivity contribution in [2.24, 2.45) is 0 Å². The van der Waals surface area contributed by atoms with Gasteiger partial charge < -0.3 is 20.3 Å². The Bertz CT molecular complexity index is 632. The van der Waals surface area contributed by atoms with Crippen LogP contribution in [0.2, 0.25) is 0 Å². The van der Waals surface area contributed by atoms with Crippen LogP contribution < -0.4 is 10.6 Å². The fourth-order valence-electron chi connectivity index (χ4n) is 3.20. The number of piperidine rings is 1. The number of para-hydroxylation sites is 1. The number of amides is 3. The summed E-state index contributed by atoms with van der Waals surface area (Å²) in [4.78, 5) is 25.8. The molecule has 2 aliphatic rings. The number of likely N-dealkylation sites (tertiary alicyclic amines) is 1. The summed E-state index contributed by atoms with van der Waals surface area (Å²) in [5, 5.41) is 5.90. The molecule has 0 radical (unpaired) electrons. The number of nitrogens with one attached hydrogen (secondary N) is 2. The molecule has 2 atom stereocenters. The first-order valence-corrected chi connectivity index (χ1v) is 8.33. The zero-order valence-electron chi connectivity index (χ0n) is 13.7. The standard InChI is InChI=1S/C18H23N3O3/c1-2-3-6-13-7-4-5-8-14(13)20-18(23)21-10-9-16-15(11-21)19-17(22)12-24-16/h2,4-5,7-8,15-16H,1,3,6,9-12H2,(H,19,22)(H,20,23). The van der Waals surface area contributed by atoms with E-state index >= 15 is 0 Å². The van der Waals surface area contributed by atoms with E-state index in [1.807, 2.05) is 30.3 Å². The fraction of sp³-hybridized carbons (Fsp3) is 0.444. The Labute approximate surface area is 141 Å². The number of ether oxygens (including phenoxy) is 1. The minimum Gasteiger partial charge on any atom is -0.366 e. The third-order valence-corrected chi connectivity index (χ3v) is 4.49. The molecule has 2 aliphatic heterocycles. The van der Waals surface area contributed by atoms with E-state index < -0.39 is 0 Å². The largest absolute Gasteiger partial charge is 0.366 e. The highest BCUT2D eigenvalue weighted by Crippen LogP contribution is 2.21. The molecule has 3 rings (SSSR count). The summed E-state index contributed by atoms with van der Waals surface area (Å²) in [5.41, 5.74) is 1.92. The van der Waals surface area contributed by atoms with Gasteiger partial charge in [-0.3, -0.25) is 4.79 Å². The molecule has 2 fully saturated rings. The van der Waals surface area contributed by atoms with Gasteiger partial charge in [0.1, 0.15) is 6.61 Å². The van der Waals surface area contributed by atoms with Crippen molar-refractivity contribution in [2.75, 3.05) is 25.0 Å². The SMILES string of the molecule is C=CCCc1ccccc1NC(=O)N1CCC2OCC(=O)NC2C1. The zero-order chi connectivity index (χ0) is 16.9. The Hall–Kier alpha value is -2.34. The van der Waals surface area contributed by atoms with E-state index in [-0.39, 0.29) is 30.7 Å². The van der Waals surface area contributed by atoms with E-state index in [0.717, 1.165) is 30.5 Å². The molecule has 3 amide bonds. The molecule has 0 aliphatic carbocycles. The molecule has 2 unspecified atom stereocenters. The summed E-state index contributed by atoms with van der Waals surface area (Å²) >= 11 is 0. The van der Waals surface area contributed by atoms with Gasteiger partial charge in [0, 0.05) is 18.8 Å². The molecule has 0 spiro atoms.